The summed E-state index contributed by atoms with van der Waals surface area (Å²) in [5.41, 5.74) is -2.61. The highest BCUT2D eigenvalue weighted by molar-refractivity contribution is 7.97. The number of anilines is 2. The van der Waals surface area contributed by atoms with Crippen LogP contribution in [0.15, 0.2) is 41.3 Å². The van der Waals surface area contributed by atoms with E-state index in [1.807, 2.05) is 0 Å². The van der Waals surface area contributed by atoms with Gasteiger partial charge in [-0.05, 0) is 56.3 Å². The monoisotopic (exact) mass is 600 g/mol. The van der Waals surface area contributed by atoms with Crippen molar-refractivity contribution in [2.75, 3.05) is 31.6 Å². The van der Waals surface area contributed by atoms with Gasteiger partial charge < -0.3 is 14.7 Å². The summed E-state index contributed by atoms with van der Waals surface area (Å²) < 4.78 is 113. The van der Waals surface area contributed by atoms with E-state index in [1.165, 1.54) is 25.1 Å². The van der Waals surface area contributed by atoms with Gasteiger partial charge in [-0.15, -0.1) is 0 Å². The zero-order chi connectivity index (χ0) is 30.1. The quantitative estimate of drug-likeness (QED) is 0.269. The van der Waals surface area contributed by atoms with E-state index in [0.29, 0.717) is 17.1 Å². The summed E-state index contributed by atoms with van der Waals surface area (Å²) in [5.74, 6) is -8.40. The van der Waals surface area contributed by atoms with Crippen LogP contribution < -0.4 is 9.64 Å². The first-order valence-electron chi connectivity index (χ1n) is 12.2. The van der Waals surface area contributed by atoms with Crippen molar-refractivity contribution in [1.82, 2.24) is 4.31 Å². The number of carbonyl (C=O) groups is 1. The van der Waals surface area contributed by atoms with Crippen LogP contribution in [0, 0.1) is 11.2 Å². The Hall–Kier alpha value is -2.74. The fourth-order valence-corrected chi connectivity index (χ4v) is 5.06. The molecule has 0 spiro atoms. The predicted octanol–water partition coefficient (Wildman–Crippen LogP) is 7.87. The van der Waals surface area contributed by atoms with Gasteiger partial charge in [0.15, 0.2) is 0 Å². The van der Waals surface area contributed by atoms with Gasteiger partial charge in [0.2, 0.25) is 5.92 Å². The zero-order valence-electron chi connectivity index (χ0n) is 21.8. The molecule has 0 bridgehead atoms. The molecule has 5 nitrogen and oxygen atoms in total. The van der Waals surface area contributed by atoms with Gasteiger partial charge in [-0.2, -0.15) is 13.2 Å². The van der Waals surface area contributed by atoms with Gasteiger partial charge >= 0.3 is 12.1 Å². The lowest BCUT2D eigenvalue weighted by atomic mass is 9.66. The van der Waals surface area contributed by atoms with Gasteiger partial charge in [-0.3, -0.25) is 4.79 Å². The van der Waals surface area contributed by atoms with Crippen molar-refractivity contribution in [3.8, 4) is 5.75 Å². The number of alkyl halides is 7. The highest BCUT2D eigenvalue weighted by atomic mass is 32.2. The van der Waals surface area contributed by atoms with Crippen molar-refractivity contribution in [2.24, 2.45) is 5.41 Å². The molecule has 1 saturated carbocycles. The molecule has 4 rings (SSSR count). The average Bonchev–Trinajstić information content (AvgIpc) is 2.97. The summed E-state index contributed by atoms with van der Waals surface area (Å²) >= 11 is 1.14. The number of fused-ring (bicyclic) bond motifs is 1. The number of carboxylic acid groups (broad SMARTS) is 1. The second kappa shape index (κ2) is 11.6. The largest absolute Gasteiger partial charge is 0.492 e. The van der Waals surface area contributed by atoms with Gasteiger partial charge in [0.25, 0.3) is 5.92 Å². The Morgan fingerprint density at radius 1 is 1.10 bits per heavy atom. The highest BCUT2D eigenvalue weighted by Crippen LogP contribution is 2.53. The molecular weight excluding hydrogens is 572 g/mol. The Morgan fingerprint density at radius 3 is 2.23 bits per heavy atom. The molecule has 222 valence electrons. The molecule has 1 N–H and O–H groups in total. The summed E-state index contributed by atoms with van der Waals surface area (Å²) in [4.78, 5) is 13.5. The molecule has 0 atom stereocenters. The van der Waals surface area contributed by atoms with Crippen LogP contribution in [0.5, 0.6) is 5.75 Å². The molecule has 0 unspecified atom stereocenters. The molecule has 0 amide bonds. The molecule has 14 heteroatoms. The number of rotatable bonds is 6. The van der Waals surface area contributed by atoms with Crippen molar-refractivity contribution in [3.05, 3.63) is 47.8 Å². The van der Waals surface area contributed by atoms with E-state index in [4.69, 9.17) is 4.74 Å². The first-order chi connectivity index (χ1) is 18.4. The first kappa shape index (κ1) is 31.8. The summed E-state index contributed by atoms with van der Waals surface area (Å²) in [7, 11) is 1.73. The Labute approximate surface area is 230 Å². The molecular formula is C26H28F8N2O3S. The van der Waals surface area contributed by atoms with Gasteiger partial charge in [0.1, 0.15) is 23.6 Å². The van der Waals surface area contributed by atoms with Crippen LogP contribution in [0.25, 0.3) is 0 Å². The molecule has 1 fully saturated rings. The lowest BCUT2D eigenvalue weighted by Gasteiger charge is -2.43. The van der Waals surface area contributed by atoms with Crippen molar-refractivity contribution < 1.29 is 49.8 Å². The summed E-state index contributed by atoms with van der Waals surface area (Å²) in [6.07, 6.45) is -6.95. The van der Waals surface area contributed by atoms with Gasteiger partial charge in [-0.1, -0.05) is 13.0 Å². The number of hydrogen-bond acceptors (Lipinski definition) is 5. The zero-order valence-corrected chi connectivity index (χ0v) is 22.6. The maximum Gasteiger partial charge on any atom is 0.420 e. The smallest absolute Gasteiger partial charge is 0.420 e. The van der Waals surface area contributed by atoms with Crippen LogP contribution in [-0.4, -0.2) is 54.0 Å². The maximum atomic E-state index is 14.0. The molecule has 1 heterocycles. The Balaban J connectivity index is 0.000000663. The van der Waals surface area contributed by atoms with E-state index in [-0.39, 0.29) is 18.7 Å². The van der Waals surface area contributed by atoms with Gasteiger partial charge in [-0.25, -0.2) is 26.3 Å². The summed E-state index contributed by atoms with van der Waals surface area (Å²) in [6.45, 7) is 2.25. The average molecular weight is 601 g/mol. The molecule has 1 aliphatic carbocycles. The van der Waals surface area contributed by atoms with Crippen LogP contribution in [0.1, 0.15) is 38.7 Å². The van der Waals surface area contributed by atoms with E-state index < -0.39 is 66.0 Å². The number of aliphatic carboxylic acids is 1. The molecule has 0 radical (unpaired) electrons. The second-order valence-corrected chi connectivity index (χ2v) is 11.1. The molecule has 2 aromatic rings. The first-order valence-corrected chi connectivity index (χ1v) is 12.9. The van der Waals surface area contributed by atoms with Gasteiger partial charge in [0, 0.05) is 38.0 Å². The minimum absolute atomic E-state index is 0.0625. The molecule has 2 aromatic carbocycles. The number of hydrogen-bond donors (Lipinski definition) is 1. The predicted molar refractivity (Wildman–Crippen MR) is 134 cm³/mol. The number of carboxylic acids is 1. The lowest BCUT2D eigenvalue weighted by molar-refractivity contribution is -0.200. The van der Waals surface area contributed by atoms with Crippen LogP contribution >= 0.6 is 11.9 Å². The van der Waals surface area contributed by atoms with E-state index in [1.54, 1.807) is 22.3 Å². The third kappa shape index (κ3) is 7.71. The van der Waals surface area contributed by atoms with Gasteiger partial charge in [0.05, 0.1) is 16.1 Å². The van der Waals surface area contributed by atoms with Crippen molar-refractivity contribution >= 4 is 29.3 Å². The van der Waals surface area contributed by atoms with Crippen LogP contribution in [0.2, 0.25) is 0 Å². The SMILES string of the molecule is CCC(C)(F)F.CN1CCN(c2cccc(F)c2)c2cc(C(F)(F)F)c(OCC3(C(=O)O)CC(F)(F)C3)cc2S1. The number of ether oxygens (including phenoxy) is 1. The van der Waals surface area contributed by atoms with Crippen LogP contribution in [0.4, 0.5) is 46.5 Å². The van der Waals surface area contributed by atoms with Crippen LogP contribution in [-0.2, 0) is 11.0 Å². The topological polar surface area (TPSA) is 53.0 Å². The molecule has 0 saturated heterocycles. The fourth-order valence-electron chi connectivity index (χ4n) is 4.13. The van der Waals surface area contributed by atoms with Crippen LogP contribution in [0.3, 0.4) is 0 Å². The fraction of sp³-hybridized carbons (Fsp3) is 0.500. The van der Waals surface area contributed by atoms with Crippen molar-refractivity contribution in [1.29, 1.82) is 0 Å². The number of likely N-dealkylation sites (N-methyl/N-ethyl adjacent to an activating group) is 1. The Morgan fingerprint density at radius 2 is 1.73 bits per heavy atom. The Kier molecular flexibility index (Phi) is 9.24. The Bertz CT molecular complexity index is 1210. The summed E-state index contributed by atoms with van der Waals surface area (Å²) in [5, 5.41) is 9.39. The molecule has 2 aliphatic rings. The van der Waals surface area contributed by atoms with E-state index in [9.17, 15) is 45.0 Å². The third-order valence-electron chi connectivity index (χ3n) is 6.44. The lowest BCUT2D eigenvalue weighted by Crippen LogP contribution is -2.54. The normalized spacial score (nSPS) is 18.5. The van der Waals surface area contributed by atoms with E-state index >= 15 is 0 Å². The van der Waals surface area contributed by atoms with Crippen molar-refractivity contribution in [3.63, 3.8) is 0 Å². The van der Waals surface area contributed by atoms with Crippen molar-refractivity contribution in [2.45, 2.75) is 56.0 Å². The summed E-state index contributed by atoms with van der Waals surface area (Å²) in [6, 6.07) is 7.46. The standard InChI is InChI=1S/C22H20F6N2O3S.C4H8F2/c1-29-5-6-30(14-4-2-3-13(23)7-14)16-8-15(22(26,27)28)17(9-18(16)34-29)33-12-20(19(31)32)10-21(24,25)11-20;1-3-4(2,5)6/h2-4,7-9H,5-6,10-12H2,1H3,(H,31,32);3H2,1-2H3. The third-order valence-corrected chi connectivity index (χ3v) is 7.46. The highest BCUT2D eigenvalue weighted by Gasteiger charge is 2.62. The van der Waals surface area contributed by atoms with E-state index in [2.05, 4.69) is 0 Å². The molecule has 1 aliphatic heterocycles. The molecule has 0 aromatic heterocycles. The maximum absolute atomic E-state index is 14.0. The number of nitrogens with zero attached hydrogens (tertiary/aromatic N) is 2. The second-order valence-electron chi connectivity index (χ2n) is 9.90. The van der Waals surface area contributed by atoms with E-state index in [0.717, 1.165) is 31.0 Å². The minimum Gasteiger partial charge on any atom is -0.492 e. The minimum atomic E-state index is -4.87. The molecule has 40 heavy (non-hydrogen) atoms. The number of benzene rings is 2. The number of halogens is 8.